The minimum Gasteiger partial charge on any atom is -0.497 e. The van der Waals surface area contributed by atoms with Crippen molar-refractivity contribution in [3.63, 3.8) is 0 Å². The van der Waals surface area contributed by atoms with Crippen LogP contribution >= 0.6 is 0 Å². The number of fused-ring (bicyclic) bond motifs is 6. The molecule has 4 rings (SSSR count). The first-order chi connectivity index (χ1) is 16.8. The van der Waals surface area contributed by atoms with Gasteiger partial charge in [-0.25, -0.2) is 9.98 Å². The second kappa shape index (κ2) is 12.9. The van der Waals surface area contributed by atoms with Gasteiger partial charge in [0.15, 0.2) is 0 Å². The van der Waals surface area contributed by atoms with E-state index in [1.807, 2.05) is 18.4 Å². The maximum Gasteiger partial charge on any atom is 0.227 e. The molecule has 2 aliphatic heterocycles. The van der Waals surface area contributed by atoms with Crippen LogP contribution in [0, 0.1) is 0 Å². The van der Waals surface area contributed by atoms with E-state index in [0.29, 0.717) is 19.2 Å². The smallest absolute Gasteiger partial charge is 0.227 e. The number of hydrogen-bond donors (Lipinski definition) is 1. The molecule has 2 heterocycles. The summed E-state index contributed by atoms with van der Waals surface area (Å²) in [7, 11) is 1.75. The van der Waals surface area contributed by atoms with Gasteiger partial charge in [0.25, 0.3) is 0 Å². The third kappa shape index (κ3) is 7.40. The molecule has 0 atom stereocenters. The van der Waals surface area contributed by atoms with Gasteiger partial charge in [0.1, 0.15) is 0 Å². The third-order valence-corrected chi connectivity index (χ3v) is 5.85. The van der Waals surface area contributed by atoms with E-state index in [2.05, 4.69) is 69.9 Å². The molecular weight excluding hydrogens is 424 g/mol. The molecule has 0 aromatic rings. The zero-order valence-corrected chi connectivity index (χ0v) is 20.0. The molecule has 0 saturated carbocycles. The number of methoxy groups -OCH3 is 1. The molecule has 2 aliphatic carbocycles. The van der Waals surface area contributed by atoms with Gasteiger partial charge in [-0.15, -0.1) is 0 Å². The molecule has 178 valence electrons. The highest BCUT2D eigenvalue weighted by Crippen LogP contribution is 2.18. The average molecular weight is 459 g/mol. The SMILES string of the molecule is COCCN1C/C=C/CCOC2=CC=CC(=CC2)C2=NC(=NC=CC2)NC2=CC=CC(=CC2)C1. The fourth-order valence-corrected chi connectivity index (χ4v) is 3.99. The van der Waals surface area contributed by atoms with E-state index < -0.39 is 0 Å². The number of ether oxygens (including phenoxy) is 2. The molecule has 6 bridgehead atoms. The van der Waals surface area contributed by atoms with Crippen molar-refractivity contribution in [1.82, 2.24) is 10.2 Å². The standard InChI is InChI=1S/C28H34N4O2/c1-33-21-19-32-18-3-2-4-20-34-26-11-6-9-24(14-16-26)27-12-7-17-29-28(31-27)30-25-10-5-8-23(22-32)13-15-25/h2-3,5-11,13-14,17H,4,12,15-16,18-22H2,1H3,(H,29,30)/b3-2+. The Morgan fingerprint density at radius 2 is 2.00 bits per heavy atom. The molecule has 0 saturated heterocycles. The van der Waals surface area contributed by atoms with Crippen LogP contribution in [0.4, 0.5) is 0 Å². The zero-order valence-electron chi connectivity index (χ0n) is 20.0. The molecule has 0 spiro atoms. The van der Waals surface area contributed by atoms with Crippen molar-refractivity contribution in [2.45, 2.75) is 25.7 Å². The van der Waals surface area contributed by atoms with Crippen molar-refractivity contribution >= 4 is 11.7 Å². The molecule has 0 unspecified atom stereocenters. The van der Waals surface area contributed by atoms with Gasteiger partial charge in [0, 0.05) is 57.9 Å². The molecule has 1 N–H and O–H groups in total. The average Bonchev–Trinajstić information content (AvgIpc) is 3.31. The van der Waals surface area contributed by atoms with E-state index in [4.69, 9.17) is 14.5 Å². The third-order valence-electron chi connectivity index (χ3n) is 5.85. The Bertz CT molecular complexity index is 1030. The zero-order chi connectivity index (χ0) is 23.4. The summed E-state index contributed by atoms with van der Waals surface area (Å²) < 4.78 is 11.4. The van der Waals surface area contributed by atoms with E-state index in [1.165, 1.54) is 5.57 Å². The van der Waals surface area contributed by atoms with Gasteiger partial charge in [-0.05, 0) is 29.7 Å². The Kier molecular flexibility index (Phi) is 9.05. The second-order valence-electron chi connectivity index (χ2n) is 8.45. The van der Waals surface area contributed by atoms with Crippen LogP contribution in [-0.2, 0) is 9.47 Å². The summed E-state index contributed by atoms with van der Waals surface area (Å²) in [5.41, 5.74) is 4.47. The molecule has 4 aliphatic rings. The van der Waals surface area contributed by atoms with Crippen LogP contribution in [0.3, 0.4) is 0 Å². The lowest BCUT2D eigenvalue weighted by Crippen LogP contribution is -2.29. The second-order valence-corrected chi connectivity index (χ2v) is 8.45. The maximum absolute atomic E-state index is 6.03. The van der Waals surface area contributed by atoms with Crippen molar-refractivity contribution in [3.8, 4) is 0 Å². The van der Waals surface area contributed by atoms with Crippen LogP contribution < -0.4 is 5.32 Å². The number of allylic oxidation sites excluding steroid dienone is 9. The van der Waals surface area contributed by atoms with E-state index >= 15 is 0 Å². The Hall–Kier alpha value is -3.22. The summed E-state index contributed by atoms with van der Waals surface area (Å²) >= 11 is 0. The number of rotatable bonds is 3. The number of nitrogens with zero attached hydrogens (tertiary/aromatic N) is 3. The first-order valence-corrected chi connectivity index (χ1v) is 12.0. The van der Waals surface area contributed by atoms with Gasteiger partial charge in [-0.2, -0.15) is 0 Å². The van der Waals surface area contributed by atoms with Crippen LogP contribution in [0.2, 0.25) is 0 Å². The van der Waals surface area contributed by atoms with Gasteiger partial charge < -0.3 is 14.8 Å². The normalized spacial score (nSPS) is 22.5. The molecule has 0 radical (unpaired) electrons. The predicted molar refractivity (Wildman–Crippen MR) is 140 cm³/mol. The first-order valence-electron chi connectivity index (χ1n) is 12.0. The summed E-state index contributed by atoms with van der Waals surface area (Å²) in [6.07, 6.45) is 28.6. The van der Waals surface area contributed by atoms with Crippen molar-refractivity contribution < 1.29 is 9.47 Å². The minimum atomic E-state index is 0.615. The monoisotopic (exact) mass is 458 g/mol. The van der Waals surface area contributed by atoms with Crippen LogP contribution in [-0.4, -0.2) is 56.5 Å². The van der Waals surface area contributed by atoms with Crippen molar-refractivity contribution in [2.24, 2.45) is 9.98 Å². The highest BCUT2D eigenvalue weighted by molar-refractivity contribution is 6.10. The number of hydrogen-bond acceptors (Lipinski definition) is 6. The highest BCUT2D eigenvalue weighted by atomic mass is 16.5. The molecule has 6 heteroatoms. The van der Waals surface area contributed by atoms with E-state index in [-0.39, 0.29) is 0 Å². The summed E-state index contributed by atoms with van der Waals surface area (Å²) in [6.45, 7) is 4.02. The Morgan fingerprint density at radius 3 is 2.94 bits per heavy atom. The highest BCUT2D eigenvalue weighted by Gasteiger charge is 2.12. The fraction of sp³-hybridized carbons (Fsp3) is 0.357. The molecular formula is C28H34N4O2. The Labute approximate surface area is 202 Å². The van der Waals surface area contributed by atoms with Crippen LogP contribution in [0.25, 0.3) is 0 Å². The minimum absolute atomic E-state index is 0.615. The topological polar surface area (TPSA) is 58.5 Å². The van der Waals surface area contributed by atoms with Crippen LogP contribution in [0.15, 0.2) is 106 Å². The van der Waals surface area contributed by atoms with Gasteiger partial charge in [0.2, 0.25) is 5.96 Å². The quantitative estimate of drug-likeness (QED) is 0.620. The number of guanidine groups is 1. The molecule has 0 fully saturated rings. The largest absolute Gasteiger partial charge is 0.497 e. The number of nitrogens with one attached hydrogen (secondary N) is 1. The summed E-state index contributed by atoms with van der Waals surface area (Å²) in [6, 6.07) is 0. The predicted octanol–water partition coefficient (Wildman–Crippen LogP) is 4.76. The van der Waals surface area contributed by atoms with E-state index in [0.717, 1.165) is 68.1 Å². The summed E-state index contributed by atoms with van der Waals surface area (Å²) in [5.74, 6) is 1.59. The Morgan fingerprint density at radius 1 is 1.06 bits per heavy atom. The van der Waals surface area contributed by atoms with Crippen molar-refractivity contribution in [3.05, 3.63) is 95.6 Å². The molecule has 0 aromatic heterocycles. The van der Waals surface area contributed by atoms with E-state index in [9.17, 15) is 0 Å². The summed E-state index contributed by atoms with van der Waals surface area (Å²) in [5, 5.41) is 3.44. The first kappa shape index (κ1) is 23.9. The lowest BCUT2D eigenvalue weighted by molar-refractivity contribution is 0.159. The Balaban J connectivity index is 1.57. The van der Waals surface area contributed by atoms with Gasteiger partial charge in [-0.3, -0.25) is 4.90 Å². The maximum atomic E-state index is 6.03. The van der Waals surface area contributed by atoms with Gasteiger partial charge in [-0.1, -0.05) is 54.7 Å². The van der Waals surface area contributed by atoms with Gasteiger partial charge >= 0.3 is 0 Å². The van der Waals surface area contributed by atoms with Crippen molar-refractivity contribution in [1.29, 1.82) is 0 Å². The molecule has 0 amide bonds. The molecule has 34 heavy (non-hydrogen) atoms. The molecule has 6 nitrogen and oxygen atoms in total. The fourth-order valence-electron chi connectivity index (χ4n) is 3.99. The van der Waals surface area contributed by atoms with Crippen LogP contribution in [0.5, 0.6) is 0 Å². The van der Waals surface area contributed by atoms with E-state index in [1.54, 1.807) is 7.11 Å². The molecule has 0 aromatic carbocycles. The summed E-state index contributed by atoms with van der Waals surface area (Å²) in [4.78, 5) is 11.8. The lowest BCUT2D eigenvalue weighted by Gasteiger charge is -2.21. The lowest BCUT2D eigenvalue weighted by atomic mass is 10.1. The van der Waals surface area contributed by atoms with Crippen LogP contribution in [0.1, 0.15) is 25.7 Å². The van der Waals surface area contributed by atoms with Crippen molar-refractivity contribution in [2.75, 3.05) is 40.0 Å². The van der Waals surface area contributed by atoms with Gasteiger partial charge in [0.05, 0.1) is 24.7 Å². The number of aliphatic imine (C=N–C) groups is 2.